The highest BCUT2D eigenvalue weighted by molar-refractivity contribution is 6.30. The maximum Gasteiger partial charge on any atom is 0.573 e. The summed E-state index contributed by atoms with van der Waals surface area (Å²) in [7, 11) is 0. The van der Waals surface area contributed by atoms with Gasteiger partial charge in [0.05, 0.1) is 33.9 Å². The van der Waals surface area contributed by atoms with Crippen LogP contribution in [0.1, 0.15) is 50.1 Å². The molecule has 3 aromatic carbocycles. The highest BCUT2D eigenvalue weighted by Crippen LogP contribution is 2.57. The molecule has 0 atom stereocenters. The first kappa shape index (κ1) is 36.1. The first-order valence-corrected chi connectivity index (χ1v) is 13.9. The molecule has 0 bridgehead atoms. The van der Waals surface area contributed by atoms with Gasteiger partial charge in [0.15, 0.2) is 0 Å². The second-order valence-corrected chi connectivity index (χ2v) is 10.5. The molecule has 0 unspecified atom stereocenters. The topological polar surface area (TPSA) is 200 Å². The van der Waals surface area contributed by atoms with Gasteiger partial charge in [0.25, 0.3) is 0 Å². The predicted molar refractivity (Wildman–Crippen MR) is 162 cm³/mol. The van der Waals surface area contributed by atoms with Crippen LogP contribution in [0.25, 0.3) is 33.4 Å². The molecule has 0 amide bonds. The van der Waals surface area contributed by atoms with Crippen LogP contribution < -0.4 is 4.74 Å². The van der Waals surface area contributed by atoms with Gasteiger partial charge in [-0.3, -0.25) is 0 Å². The Labute approximate surface area is 291 Å². The first-order chi connectivity index (χ1) is 25.1. The standard InChI is InChI=1S/C36H6F8N8O/c37-33-29-21(13-51)25(15-3-4-24(18(5-15)8-46)53-36(42,43)44)27(19(9-47)10-48)31(29)34(38)32-28(20(11-49)12-50)26(22(14-52)30(32)33)16-1-2-17(7-45)23(6-16)35(39,40)41/h1-6H. The average molecular weight is 718 g/mol. The van der Waals surface area contributed by atoms with Crippen LogP contribution in [0.4, 0.5) is 35.1 Å². The van der Waals surface area contributed by atoms with E-state index in [1.807, 2.05) is 0 Å². The molecule has 5 rings (SSSR count). The number of halogens is 8. The summed E-state index contributed by atoms with van der Waals surface area (Å²) < 4.78 is 119. The largest absolute Gasteiger partial charge is 0.573 e. The number of alkyl halides is 6. The molecule has 0 radical (unpaired) electrons. The van der Waals surface area contributed by atoms with Crippen LogP contribution in [-0.4, -0.2) is 6.36 Å². The van der Waals surface area contributed by atoms with Gasteiger partial charge in [-0.05, 0) is 35.4 Å². The van der Waals surface area contributed by atoms with Crippen molar-refractivity contribution in [3.05, 3.63) is 109 Å². The SMILES string of the molecule is N#CC(C#N)=C1C(c2ccc(OC(F)(F)F)c(C#N)c2)=C(C#N)c2c(F)c3c(c(F)c21)C(=C(C#N)C#N)C(c1ccc(C#N)c(C(F)(F)F)c1)=C3C#N. The molecule has 0 fully saturated rings. The zero-order valence-electron chi connectivity index (χ0n) is 25.5. The predicted octanol–water partition coefficient (Wildman–Crippen LogP) is 8.12. The lowest BCUT2D eigenvalue weighted by Gasteiger charge is -2.15. The third kappa shape index (κ3) is 5.60. The van der Waals surface area contributed by atoms with Crippen molar-refractivity contribution in [3.63, 3.8) is 0 Å². The minimum Gasteiger partial charge on any atom is -0.404 e. The van der Waals surface area contributed by atoms with E-state index in [2.05, 4.69) is 4.74 Å². The normalized spacial score (nSPS) is 12.9. The molecule has 0 saturated carbocycles. The zero-order valence-corrected chi connectivity index (χ0v) is 25.5. The number of hydrogen-bond donors (Lipinski definition) is 0. The van der Waals surface area contributed by atoms with E-state index in [-0.39, 0.29) is 0 Å². The summed E-state index contributed by atoms with van der Waals surface area (Å²) in [6, 6.07) is 15.7. The second kappa shape index (κ2) is 12.9. The van der Waals surface area contributed by atoms with E-state index in [0.29, 0.717) is 24.3 Å². The summed E-state index contributed by atoms with van der Waals surface area (Å²) in [6.07, 6.45) is -10.4. The van der Waals surface area contributed by atoms with Gasteiger partial charge in [-0.15, -0.1) is 13.2 Å². The Morgan fingerprint density at radius 1 is 0.528 bits per heavy atom. The minimum absolute atomic E-state index is 0.361. The van der Waals surface area contributed by atoms with Gasteiger partial charge in [0, 0.05) is 44.5 Å². The number of nitriles is 8. The zero-order chi connectivity index (χ0) is 39.2. The number of nitrogens with zero attached hydrogens (tertiary/aromatic N) is 8. The quantitative estimate of drug-likeness (QED) is 0.189. The summed E-state index contributed by atoms with van der Waals surface area (Å²) in [6.45, 7) is 0. The Balaban J connectivity index is 1.98. The molecule has 3 aromatic rings. The van der Waals surface area contributed by atoms with Crippen molar-refractivity contribution < 1.29 is 39.9 Å². The molecule has 0 N–H and O–H groups in total. The van der Waals surface area contributed by atoms with Crippen LogP contribution in [0.15, 0.2) is 47.5 Å². The molecular weight excluding hydrogens is 712 g/mol. The van der Waals surface area contributed by atoms with Gasteiger partial charge in [-0.2, -0.15) is 55.3 Å². The molecule has 9 nitrogen and oxygen atoms in total. The van der Waals surface area contributed by atoms with Crippen molar-refractivity contribution in [2.75, 3.05) is 0 Å². The molecule has 0 heterocycles. The van der Waals surface area contributed by atoms with Crippen LogP contribution in [0.2, 0.25) is 0 Å². The van der Waals surface area contributed by atoms with Crippen LogP contribution >= 0.6 is 0 Å². The second-order valence-electron chi connectivity index (χ2n) is 10.5. The van der Waals surface area contributed by atoms with Gasteiger partial charge in [-0.1, -0.05) is 12.1 Å². The lowest BCUT2D eigenvalue weighted by atomic mass is 9.87. The third-order valence-corrected chi connectivity index (χ3v) is 7.90. The van der Waals surface area contributed by atoms with E-state index in [1.54, 1.807) is 6.07 Å². The number of benzene rings is 3. The number of rotatable bonds is 3. The molecule has 0 aromatic heterocycles. The van der Waals surface area contributed by atoms with E-state index in [1.165, 1.54) is 42.5 Å². The minimum atomic E-state index is -5.27. The van der Waals surface area contributed by atoms with Gasteiger partial charge >= 0.3 is 12.5 Å². The van der Waals surface area contributed by atoms with Crippen LogP contribution in [0.3, 0.4) is 0 Å². The molecule has 17 heteroatoms. The summed E-state index contributed by atoms with van der Waals surface area (Å²) in [5, 5.41) is 78.8. The van der Waals surface area contributed by atoms with Gasteiger partial charge < -0.3 is 4.74 Å². The molecule has 2 aliphatic carbocycles. The Morgan fingerprint density at radius 3 is 1.36 bits per heavy atom. The van der Waals surface area contributed by atoms with Crippen molar-refractivity contribution in [2.24, 2.45) is 0 Å². The molecular formula is C36H6F8N8O. The molecule has 53 heavy (non-hydrogen) atoms. The molecule has 0 spiro atoms. The van der Waals surface area contributed by atoms with E-state index in [4.69, 9.17) is 0 Å². The fourth-order valence-corrected chi connectivity index (χ4v) is 5.97. The Bertz CT molecular complexity index is 2700. The fraction of sp³-hybridized carbons (Fsp3) is 0.0556. The summed E-state index contributed by atoms with van der Waals surface area (Å²) >= 11 is 0. The molecule has 0 saturated heterocycles. The Kier molecular flexibility index (Phi) is 8.79. The van der Waals surface area contributed by atoms with Crippen molar-refractivity contribution >= 4 is 33.4 Å². The van der Waals surface area contributed by atoms with Crippen molar-refractivity contribution in [3.8, 4) is 54.3 Å². The Hall–Kier alpha value is -8.22. The van der Waals surface area contributed by atoms with Crippen LogP contribution in [0, 0.1) is 102 Å². The Morgan fingerprint density at radius 2 is 0.962 bits per heavy atom. The van der Waals surface area contributed by atoms with Crippen molar-refractivity contribution in [2.45, 2.75) is 12.5 Å². The lowest BCUT2D eigenvalue weighted by molar-refractivity contribution is -0.274. The number of hydrogen-bond acceptors (Lipinski definition) is 9. The smallest absolute Gasteiger partial charge is 0.404 e. The van der Waals surface area contributed by atoms with Crippen LogP contribution in [-0.2, 0) is 6.18 Å². The summed E-state index contributed by atoms with van der Waals surface area (Å²) in [5.74, 6) is -4.33. The van der Waals surface area contributed by atoms with Gasteiger partial charge in [0.1, 0.15) is 71.0 Å². The molecule has 2 aliphatic rings. The van der Waals surface area contributed by atoms with E-state index >= 15 is 8.78 Å². The molecule has 0 aliphatic heterocycles. The monoisotopic (exact) mass is 718 g/mol. The third-order valence-electron chi connectivity index (χ3n) is 7.90. The highest BCUT2D eigenvalue weighted by atomic mass is 19.4. The number of allylic oxidation sites excluding steroid dienone is 8. The van der Waals surface area contributed by atoms with E-state index < -0.39 is 125 Å². The van der Waals surface area contributed by atoms with Gasteiger partial charge in [-0.25, -0.2) is 8.78 Å². The molecule has 252 valence electrons. The maximum absolute atomic E-state index is 17.2. The fourth-order valence-electron chi connectivity index (χ4n) is 5.97. The number of ether oxygens (including phenoxy) is 1. The van der Waals surface area contributed by atoms with E-state index in [9.17, 15) is 68.4 Å². The number of fused-ring (bicyclic) bond motifs is 2. The lowest BCUT2D eigenvalue weighted by Crippen LogP contribution is -2.17. The van der Waals surface area contributed by atoms with E-state index in [0.717, 1.165) is 12.1 Å². The van der Waals surface area contributed by atoms with Gasteiger partial charge in [0.2, 0.25) is 0 Å². The summed E-state index contributed by atoms with van der Waals surface area (Å²) in [5.41, 5.74) is -15.3. The first-order valence-electron chi connectivity index (χ1n) is 13.9. The van der Waals surface area contributed by atoms with Crippen molar-refractivity contribution in [1.29, 1.82) is 42.1 Å². The van der Waals surface area contributed by atoms with Crippen LogP contribution in [0.5, 0.6) is 5.75 Å². The summed E-state index contributed by atoms with van der Waals surface area (Å²) in [4.78, 5) is 0. The average Bonchev–Trinajstić information content (AvgIpc) is 3.65. The highest BCUT2D eigenvalue weighted by Gasteiger charge is 2.45. The van der Waals surface area contributed by atoms with Crippen molar-refractivity contribution in [1.82, 2.24) is 0 Å². The maximum atomic E-state index is 17.2.